The van der Waals surface area contributed by atoms with Gasteiger partial charge in [0.05, 0.1) is 16.7 Å². The fourth-order valence-corrected chi connectivity index (χ4v) is 1.49. The number of carboxylic acid groups (broad SMARTS) is 2. The van der Waals surface area contributed by atoms with E-state index in [4.69, 9.17) is 10.2 Å². The summed E-state index contributed by atoms with van der Waals surface area (Å²) in [5.74, 6) is -3.38. The number of aromatic nitrogens is 3. The van der Waals surface area contributed by atoms with Crippen LogP contribution in [0.2, 0.25) is 0 Å². The summed E-state index contributed by atoms with van der Waals surface area (Å²) >= 11 is 0. The second-order valence-corrected chi connectivity index (χ2v) is 3.66. The molecule has 0 aliphatic heterocycles. The molecule has 1 aromatic carbocycles. The summed E-state index contributed by atoms with van der Waals surface area (Å²) < 4.78 is 0. The molecule has 0 fully saturated rings. The number of nitrogens with one attached hydrogen (secondary N) is 2. The van der Waals surface area contributed by atoms with Gasteiger partial charge in [-0.1, -0.05) is 0 Å². The number of nitrogens with zero attached hydrogens (tertiary/aromatic N) is 2. The Morgan fingerprint density at radius 2 is 1.85 bits per heavy atom. The van der Waals surface area contributed by atoms with Crippen molar-refractivity contribution < 1.29 is 24.6 Å². The first-order chi connectivity index (χ1) is 9.49. The van der Waals surface area contributed by atoms with Gasteiger partial charge in [-0.3, -0.25) is 10.1 Å². The molecule has 20 heavy (non-hydrogen) atoms. The predicted molar refractivity (Wildman–Crippen MR) is 64.7 cm³/mol. The van der Waals surface area contributed by atoms with E-state index < -0.39 is 23.4 Å². The van der Waals surface area contributed by atoms with E-state index in [1.807, 2.05) is 0 Å². The topological polar surface area (TPSA) is 145 Å². The van der Waals surface area contributed by atoms with Gasteiger partial charge in [0.1, 0.15) is 6.33 Å². The molecule has 1 aromatic heterocycles. The molecule has 9 heteroatoms. The van der Waals surface area contributed by atoms with Crippen LogP contribution in [0.15, 0.2) is 24.5 Å². The van der Waals surface area contributed by atoms with Crippen LogP contribution in [0.5, 0.6) is 0 Å². The predicted octanol–water partition coefficient (Wildman–Crippen LogP) is 0.453. The van der Waals surface area contributed by atoms with Gasteiger partial charge in [-0.05, 0) is 18.2 Å². The summed E-state index contributed by atoms with van der Waals surface area (Å²) in [7, 11) is 0. The first-order valence-electron chi connectivity index (χ1n) is 5.26. The molecular formula is C11H8N4O5. The first kappa shape index (κ1) is 13.2. The summed E-state index contributed by atoms with van der Waals surface area (Å²) in [5, 5.41) is 26.1. The standard InChI is InChI=1S/C11H8N4O5/c16-8(14-11-12-4-13-15-11)6-2-1-5(9(17)18)3-7(6)10(19)20/h1-4H,(H,17,18)(H,19,20)(H2,12,13,14,15,16). The average molecular weight is 276 g/mol. The zero-order valence-electron chi connectivity index (χ0n) is 9.82. The van der Waals surface area contributed by atoms with Crippen LogP contribution in [0.25, 0.3) is 0 Å². The van der Waals surface area contributed by atoms with Crippen molar-refractivity contribution in [3.8, 4) is 0 Å². The van der Waals surface area contributed by atoms with Crippen molar-refractivity contribution >= 4 is 23.8 Å². The number of carboxylic acids is 2. The number of carbonyl (C=O) groups is 3. The van der Waals surface area contributed by atoms with E-state index in [2.05, 4.69) is 20.5 Å². The zero-order valence-corrected chi connectivity index (χ0v) is 9.82. The fraction of sp³-hybridized carbons (Fsp3) is 0. The minimum atomic E-state index is -1.41. The summed E-state index contributed by atoms with van der Waals surface area (Å²) in [6.45, 7) is 0. The van der Waals surface area contributed by atoms with Crippen molar-refractivity contribution in [2.45, 2.75) is 0 Å². The molecule has 2 rings (SSSR count). The lowest BCUT2D eigenvalue weighted by Gasteiger charge is -2.06. The van der Waals surface area contributed by atoms with Crippen molar-refractivity contribution in [3.63, 3.8) is 0 Å². The first-order valence-corrected chi connectivity index (χ1v) is 5.26. The molecule has 102 valence electrons. The highest BCUT2D eigenvalue weighted by atomic mass is 16.4. The lowest BCUT2D eigenvalue weighted by molar-refractivity contribution is 0.0692. The van der Waals surface area contributed by atoms with E-state index in [1.54, 1.807) is 0 Å². The van der Waals surface area contributed by atoms with Crippen LogP contribution in [-0.2, 0) is 0 Å². The Balaban J connectivity index is 2.37. The molecule has 0 radical (unpaired) electrons. The summed E-state index contributed by atoms with van der Waals surface area (Å²) in [5.41, 5.74) is -0.820. The number of carbonyl (C=O) groups excluding carboxylic acids is 1. The molecule has 0 atom stereocenters. The zero-order chi connectivity index (χ0) is 14.7. The second-order valence-electron chi connectivity index (χ2n) is 3.66. The van der Waals surface area contributed by atoms with E-state index >= 15 is 0 Å². The maximum atomic E-state index is 11.9. The van der Waals surface area contributed by atoms with Gasteiger partial charge in [0, 0.05) is 0 Å². The normalized spacial score (nSPS) is 10.0. The quantitative estimate of drug-likeness (QED) is 0.634. The molecule has 0 aliphatic rings. The number of benzene rings is 1. The van der Waals surface area contributed by atoms with Gasteiger partial charge in [-0.25, -0.2) is 14.7 Å². The molecule has 0 saturated heterocycles. The lowest BCUT2D eigenvalue weighted by atomic mass is 10.0. The number of aromatic amines is 1. The number of rotatable bonds is 4. The minimum Gasteiger partial charge on any atom is -0.478 e. The van der Waals surface area contributed by atoms with Gasteiger partial charge >= 0.3 is 11.9 Å². The van der Waals surface area contributed by atoms with Crippen molar-refractivity contribution in [3.05, 3.63) is 41.2 Å². The number of amides is 1. The van der Waals surface area contributed by atoms with Crippen LogP contribution in [0.4, 0.5) is 5.95 Å². The summed E-state index contributed by atoms with van der Waals surface area (Å²) in [6.07, 6.45) is 1.17. The van der Waals surface area contributed by atoms with Crippen molar-refractivity contribution in [2.24, 2.45) is 0 Å². The van der Waals surface area contributed by atoms with Gasteiger partial charge in [0.25, 0.3) is 5.91 Å². The number of hydrogen-bond acceptors (Lipinski definition) is 5. The van der Waals surface area contributed by atoms with Gasteiger partial charge < -0.3 is 10.2 Å². The molecule has 2 aromatic rings. The van der Waals surface area contributed by atoms with E-state index in [9.17, 15) is 14.4 Å². The Morgan fingerprint density at radius 3 is 2.40 bits per heavy atom. The van der Waals surface area contributed by atoms with Crippen LogP contribution < -0.4 is 5.32 Å². The van der Waals surface area contributed by atoms with E-state index in [0.29, 0.717) is 0 Å². The average Bonchev–Trinajstić information content (AvgIpc) is 2.90. The van der Waals surface area contributed by atoms with Gasteiger partial charge in [-0.2, -0.15) is 10.1 Å². The second kappa shape index (κ2) is 5.18. The van der Waals surface area contributed by atoms with Crippen molar-refractivity contribution in [1.29, 1.82) is 0 Å². The smallest absolute Gasteiger partial charge is 0.336 e. The Labute approximate surface area is 111 Å². The van der Waals surface area contributed by atoms with Crippen LogP contribution in [0.3, 0.4) is 0 Å². The molecule has 0 unspecified atom stereocenters. The number of hydrogen-bond donors (Lipinski definition) is 4. The van der Waals surface area contributed by atoms with Crippen LogP contribution in [0.1, 0.15) is 31.1 Å². The number of H-pyrrole nitrogens is 1. The third kappa shape index (κ3) is 2.61. The highest BCUT2D eigenvalue weighted by Crippen LogP contribution is 2.14. The van der Waals surface area contributed by atoms with Gasteiger partial charge in [-0.15, -0.1) is 0 Å². The molecule has 4 N–H and O–H groups in total. The van der Waals surface area contributed by atoms with Crippen LogP contribution in [-0.4, -0.2) is 43.2 Å². The van der Waals surface area contributed by atoms with Gasteiger partial charge in [0.2, 0.25) is 5.95 Å². The summed E-state index contributed by atoms with van der Waals surface area (Å²) in [4.78, 5) is 37.5. The maximum absolute atomic E-state index is 11.9. The molecule has 0 aliphatic carbocycles. The number of anilines is 1. The monoisotopic (exact) mass is 276 g/mol. The van der Waals surface area contributed by atoms with Crippen LogP contribution >= 0.6 is 0 Å². The summed E-state index contributed by atoms with van der Waals surface area (Å²) in [6, 6.07) is 3.18. The Morgan fingerprint density at radius 1 is 1.10 bits per heavy atom. The fourth-order valence-electron chi connectivity index (χ4n) is 1.49. The van der Waals surface area contributed by atoms with Crippen LogP contribution in [0, 0.1) is 0 Å². The SMILES string of the molecule is O=C(O)c1ccc(C(=O)Nc2ncn[nH]2)c(C(=O)O)c1. The Bertz CT molecular complexity index is 680. The third-order valence-electron chi connectivity index (χ3n) is 2.39. The largest absolute Gasteiger partial charge is 0.478 e. The Kier molecular flexibility index (Phi) is 3.42. The molecular weight excluding hydrogens is 268 g/mol. The van der Waals surface area contributed by atoms with Crippen molar-refractivity contribution in [1.82, 2.24) is 15.2 Å². The minimum absolute atomic E-state index is 0.0497. The molecule has 1 amide bonds. The Hall–Kier alpha value is -3.23. The third-order valence-corrected chi connectivity index (χ3v) is 2.39. The molecule has 9 nitrogen and oxygen atoms in total. The van der Waals surface area contributed by atoms with Crippen molar-refractivity contribution in [2.75, 3.05) is 5.32 Å². The maximum Gasteiger partial charge on any atom is 0.336 e. The van der Waals surface area contributed by atoms with Gasteiger partial charge in [0.15, 0.2) is 0 Å². The molecule has 1 heterocycles. The highest BCUT2D eigenvalue weighted by Gasteiger charge is 2.19. The molecule has 0 spiro atoms. The highest BCUT2D eigenvalue weighted by molar-refractivity contribution is 6.11. The molecule has 0 bridgehead atoms. The van der Waals surface area contributed by atoms with E-state index in [0.717, 1.165) is 18.2 Å². The van der Waals surface area contributed by atoms with E-state index in [-0.39, 0.29) is 17.1 Å². The lowest BCUT2D eigenvalue weighted by Crippen LogP contribution is -2.18. The van der Waals surface area contributed by atoms with E-state index in [1.165, 1.54) is 6.33 Å². The number of aromatic carboxylic acids is 2. The molecule has 0 saturated carbocycles.